The monoisotopic (exact) mass is 570 g/mol. The van der Waals surface area contributed by atoms with E-state index in [2.05, 4.69) is 57.7 Å². The minimum Gasteiger partial charge on any atom is -0.476 e. The number of aryl methyl sites for hydroxylation is 2. The van der Waals surface area contributed by atoms with Gasteiger partial charge in [-0.05, 0) is 67.0 Å². The van der Waals surface area contributed by atoms with E-state index in [0.717, 1.165) is 41.6 Å². The first-order chi connectivity index (χ1) is 19.7. The fourth-order valence-corrected chi connectivity index (χ4v) is 6.49. The van der Waals surface area contributed by atoms with Crippen LogP contribution < -0.4 is 9.46 Å². The molecule has 1 atom stereocenters. The van der Waals surface area contributed by atoms with Gasteiger partial charge in [0, 0.05) is 30.8 Å². The smallest absolute Gasteiger partial charge is 0.264 e. The van der Waals surface area contributed by atoms with Gasteiger partial charge in [0.2, 0.25) is 11.8 Å². The molecule has 0 saturated carbocycles. The van der Waals surface area contributed by atoms with E-state index in [1.807, 2.05) is 50.2 Å². The zero-order valence-corrected chi connectivity index (χ0v) is 25.0. The summed E-state index contributed by atoms with van der Waals surface area (Å²) in [4.78, 5) is 11.7. The quantitative estimate of drug-likeness (QED) is 0.288. The van der Waals surface area contributed by atoms with E-state index in [0.29, 0.717) is 30.6 Å². The van der Waals surface area contributed by atoms with Gasteiger partial charge in [0.25, 0.3) is 10.0 Å². The Bertz CT molecular complexity index is 1590. The van der Waals surface area contributed by atoms with Crippen LogP contribution in [0.5, 0.6) is 5.88 Å². The maximum atomic E-state index is 13.5. The summed E-state index contributed by atoms with van der Waals surface area (Å²) in [5.41, 5.74) is 5.83. The molecule has 8 heteroatoms. The lowest BCUT2D eigenvalue weighted by Gasteiger charge is -2.33. The zero-order chi connectivity index (χ0) is 29.0. The molecular formula is C33H38N4O3S. The molecule has 0 spiro atoms. The molecule has 3 aromatic carbocycles. The summed E-state index contributed by atoms with van der Waals surface area (Å²) in [6, 6.07) is 25.5. The van der Waals surface area contributed by atoms with Gasteiger partial charge in [0.15, 0.2) is 0 Å². The minimum absolute atomic E-state index is 0.00820. The Kier molecular flexibility index (Phi) is 8.71. The van der Waals surface area contributed by atoms with Gasteiger partial charge in [-0.1, -0.05) is 74.5 Å². The van der Waals surface area contributed by atoms with Crippen molar-refractivity contribution in [1.82, 2.24) is 14.9 Å². The molecule has 1 aliphatic heterocycles. The van der Waals surface area contributed by atoms with Crippen LogP contribution >= 0.6 is 0 Å². The lowest BCUT2D eigenvalue weighted by Crippen LogP contribution is -2.41. The molecule has 41 heavy (non-hydrogen) atoms. The molecule has 1 aliphatic rings. The Morgan fingerprint density at radius 3 is 2.41 bits per heavy atom. The van der Waals surface area contributed by atoms with E-state index in [1.54, 1.807) is 18.2 Å². The van der Waals surface area contributed by atoms with Crippen molar-refractivity contribution < 1.29 is 13.2 Å². The van der Waals surface area contributed by atoms with Crippen molar-refractivity contribution in [3.05, 3.63) is 101 Å². The average Bonchev–Trinajstić information content (AvgIpc) is 2.93. The molecule has 214 valence electrons. The van der Waals surface area contributed by atoms with Crippen molar-refractivity contribution in [2.45, 2.75) is 58.0 Å². The van der Waals surface area contributed by atoms with E-state index in [4.69, 9.17) is 4.74 Å². The second-order valence-corrected chi connectivity index (χ2v) is 12.9. The summed E-state index contributed by atoms with van der Waals surface area (Å²) in [5.74, 6) is 0.780. The zero-order valence-electron chi connectivity index (χ0n) is 24.2. The van der Waals surface area contributed by atoms with Crippen LogP contribution in [0.1, 0.15) is 42.5 Å². The molecule has 1 N–H and O–H groups in total. The average molecular weight is 571 g/mol. The van der Waals surface area contributed by atoms with Crippen LogP contribution in [0.3, 0.4) is 0 Å². The van der Waals surface area contributed by atoms with Gasteiger partial charge in [-0.15, -0.1) is 0 Å². The second kappa shape index (κ2) is 12.4. The summed E-state index contributed by atoms with van der Waals surface area (Å²) in [7, 11) is -3.93. The van der Waals surface area contributed by atoms with E-state index < -0.39 is 10.0 Å². The van der Waals surface area contributed by atoms with Crippen LogP contribution in [-0.4, -0.2) is 42.5 Å². The first kappa shape index (κ1) is 28.8. The third-order valence-corrected chi connectivity index (χ3v) is 8.80. The fourth-order valence-electron chi connectivity index (χ4n) is 5.47. The maximum Gasteiger partial charge on any atom is 0.264 e. The lowest BCUT2D eigenvalue weighted by atomic mass is 10.00. The number of rotatable bonds is 6. The number of nitrogens with zero attached hydrogens (tertiary/aromatic N) is 3. The van der Waals surface area contributed by atoms with E-state index in [1.165, 1.54) is 5.56 Å². The van der Waals surface area contributed by atoms with Crippen molar-refractivity contribution in [2.24, 2.45) is 5.92 Å². The Morgan fingerprint density at radius 1 is 0.951 bits per heavy atom. The molecule has 0 fully saturated rings. The number of benzene rings is 3. The topological polar surface area (TPSA) is 84.4 Å². The van der Waals surface area contributed by atoms with Crippen molar-refractivity contribution >= 4 is 16.0 Å². The van der Waals surface area contributed by atoms with Gasteiger partial charge in [0.05, 0.1) is 10.6 Å². The van der Waals surface area contributed by atoms with Crippen LogP contribution in [0.4, 0.5) is 5.95 Å². The summed E-state index contributed by atoms with van der Waals surface area (Å²) < 4.78 is 36.0. The minimum atomic E-state index is -3.93. The Balaban J connectivity index is 1.59. The van der Waals surface area contributed by atoms with Gasteiger partial charge >= 0.3 is 0 Å². The van der Waals surface area contributed by atoms with Gasteiger partial charge in [-0.2, -0.15) is 4.98 Å². The van der Waals surface area contributed by atoms with E-state index in [9.17, 15) is 8.42 Å². The van der Waals surface area contributed by atoms with Crippen LogP contribution in [0.15, 0.2) is 83.8 Å². The molecular weight excluding hydrogens is 532 g/mol. The number of hydrogen-bond acceptors (Lipinski definition) is 6. The molecule has 0 radical (unpaired) electrons. The number of nitrogens with one attached hydrogen (secondary N) is 1. The third kappa shape index (κ3) is 7.13. The number of fused-ring (bicyclic) bond motifs is 4. The highest BCUT2D eigenvalue weighted by Gasteiger charge is 2.25. The fraction of sp³-hybridized carbons (Fsp3) is 0.333. The summed E-state index contributed by atoms with van der Waals surface area (Å²) >= 11 is 0. The first-order valence-electron chi connectivity index (χ1n) is 14.2. The van der Waals surface area contributed by atoms with Crippen molar-refractivity contribution in [3.63, 3.8) is 0 Å². The summed E-state index contributed by atoms with van der Waals surface area (Å²) in [6.45, 7) is 10.3. The highest BCUT2D eigenvalue weighted by Crippen LogP contribution is 2.30. The number of aromatic nitrogens is 2. The Labute approximate surface area is 243 Å². The molecule has 0 amide bonds. The first-order valence-corrected chi connectivity index (χ1v) is 15.6. The summed E-state index contributed by atoms with van der Waals surface area (Å²) in [6.07, 6.45) is 1.80. The van der Waals surface area contributed by atoms with E-state index >= 15 is 0 Å². The van der Waals surface area contributed by atoms with Crippen LogP contribution in [-0.2, 0) is 23.0 Å². The molecule has 5 rings (SSSR count). The molecule has 7 nitrogen and oxygen atoms in total. The lowest BCUT2D eigenvalue weighted by molar-refractivity contribution is 0.109. The number of hydrogen-bond donors (Lipinski definition) is 1. The van der Waals surface area contributed by atoms with Gasteiger partial charge in [-0.3, -0.25) is 4.90 Å². The van der Waals surface area contributed by atoms with Crippen LogP contribution in [0, 0.1) is 19.8 Å². The van der Waals surface area contributed by atoms with Gasteiger partial charge in [0.1, 0.15) is 6.61 Å². The number of sulfonamides is 1. The maximum absolute atomic E-state index is 13.5. The van der Waals surface area contributed by atoms with Crippen LogP contribution in [0.25, 0.3) is 11.3 Å². The third-order valence-electron chi connectivity index (χ3n) is 7.47. The molecule has 1 aromatic heterocycles. The molecule has 0 unspecified atom stereocenters. The Morgan fingerprint density at radius 2 is 1.68 bits per heavy atom. The molecule has 2 heterocycles. The van der Waals surface area contributed by atoms with Crippen molar-refractivity contribution in [1.29, 1.82) is 0 Å². The van der Waals surface area contributed by atoms with Crippen LogP contribution in [0.2, 0.25) is 0 Å². The molecule has 0 saturated heterocycles. The van der Waals surface area contributed by atoms with Crippen molar-refractivity contribution in [3.8, 4) is 17.1 Å². The Hall–Kier alpha value is -3.75. The number of ether oxygens (including phenoxy) is 1. The van der Waals surface area contributed by atoms with Gasteiger partial charge < -0.3 is 4.74 Å². The highest BCUT2D eigenvalue weighted by atomic mass is 32.2. The molecule has 0 aliphatic carbocycles. The standard InChI is InChI=1S/C33H38N4O3S/c1-23(2)18-28-22-40-31-20-30(32-24(3)10-8-11-25(32)4)34-33(35-31)36-41(38,39)29-15-9-14-27(19-29)21-37(28)17-16-26-12-6-5-7-13-26/h5-15,19-20,23,28H,16-18,21-22H2,1-4H3,(H,34,35,36)/t28-/m1/s1. The summed E-state index contributed by atoms with van der Waals surface area (Å²) in [5, 5.41) is 0. The van der Waals surface area contributed by atoms with Gasteiger partial charge in [-0.25, -0.2) is 18.1 Å². The number of anilines is 1. The second-order valence-electron chi connectivity index (χ2n) is 11.2. The normalized spacial score (nSPS) is 17.0. The van der Waals surface area contributed by atoms with Crippen molar-refractivity contribution in [2.75, 3.05) is 17.9 Å². The molecule has 4 bridgehead atoms. The molecule has 4 aromatic rings. The highest BCUT2D eigenvalue weighted by molar-refractivity contribution is 7.92. The van der Waals surface area contributed by atoms with E-state index in [-0.39, 0.29) is 16.9 Å². The largest absolute Gasteiger partial charge is 0.476 e. The SMILES string of the molecule is Cc1cccc(C)c1-c1cc2nc(n1)NS(=O)(=O)c1cccc(c1)CN(CCc1ccccc1)[C@H](CC(C)C)CO2. The predicted molar refractivity (Wildman–Crippen MR) is 163 cm³/mol. The predicted octanol–water partition coefficient (Wildman–Crippen LogP) is 6.41.